The van der Waals surface area contributed by atoms with Gasteiger partial charge < -0.3 is 10.2 Å². The van der Waals surface area contributed by atoms with Crippen LogP contribution in [-0.2, 0) is 0 Å². The fourth-order valence-corrected chi connectivity index (χ4v) is 3.41. The topological polar surface area (TPSA) is 41.1 Å². The van der Waals surface area contributed by atoms with E-state index in [4.69, 9.17) is 0 Å². The van der Waals surface area contributed by atoms with Crippen molar-refractivity contribution in [3.63, 3.8) is 0 Å². The van der Waals surface area contributed by atoms with E-state index < -0.39 is 0 Å². The lowest BCUT2D eigenvalue weighted by atomic mass is 10.1. The SMILES string of the molecule is CCN(c1ncnc2sccc12)C1CCCNC1. The summed E-state index contributed by atoms with van der Waals surface area (Å²) in [5, 5.41) is 6.76. The Morgan fingerprint density at radius 3 is 3.22 bits per heavy atom. The molecule has 3 heterocycles. The third-order valence-corrected chi connectivity index (χ3v) is 4.39. The van der Waals surface area contributed by atoms with Crippen molar-refractivity contribution in [1.82, 2.24) is 15.3 Å². The Morgan fingerprint density at radius 2 is 2.44 bits per heavy atom. The van der Waals surface area contributed by atoms with E-state index in [2.05, 4.69) is 38.6 Å². The Morgan fingerprint density at radius 1 is 1.50 bits per heavy atom. The molecule has 1 fully saturated rings. The average Bonchev–Trinajstić information content (AvgIpc) is 2.90. The highest BCUT2D eigenvalue weighted by Gasteiger charge is 2.22. The quantitative estimate of drug-likeness (QED) is 0.921. The Labute approximate surface area is 111 Å². The highest BCUT2D eigenvalue weighted by atomic mass is 32.1. The van der Waals surface area contributed by atoms with Gasteiger partial charge in [-0.1, -0.05) is 0 Å². The van der Waals surface area contributed by atoms with Gasteiger partial charge in [-0.25, -0.2) is 9.97 Å². The van der Waals surface area contributed by atoms with Gasteiger partial charge in [-0.2, -0.15) is 0 Å². The number of nitrogens with zero attached hydrogens (tertiary/aromatic N) is 3. The summed E-state index contributed by atoms with van der Waals surface area (Å²) in [6, 6.07) is 2.69. The Balaban J connectivity index is 1.97. The minimum Gasteiger partial charge on any atom is -0.352 e. The largest absolute Gasteiger partial charge is 0.352 e. The summed E-state index contributed by atoms with van der Waals surface area (Å²) in [6.07, 6.45) is 4.18. The van der Waals surface area contributed by atoms with Gasteiger partial charge in [0.05, 0.1) is 5.39 Å². The second-order valence-electron chi connectivity index (χ2n) is 4.62. The number of hydrogen-bond donors (Lipinski definition) is 1. The first-order valence-electron chi connectivity index (χ1n) is 6.55. The molecule has 1 N–H and O–H groups in total. The summed E-state index contributed by atoms with van der Waals surface area (Å²) in [6.45, 7) is 5.40. The van der Waals surface area contributed by atoms with Gasteiger partial charge in [-0.3, -0.25) is 0 Å². The lowest BCUT2D eigenvalue weighted by Crippen LogP contribution is -2.46. The van der Waals surface area contributed by atoms with Crippen LogP contribution in [0.3, 0.4) is 0 Å². The number of rotatable bonds is 3. The van der Waals surface area contributed by atoms with Crippen molar-refractivity contribution in [2.75, 3.05) is 24.5 Å². The maximum Gasteiger partial charge on any atom is 0.141 e. The van der Waals surface area contributed by atoms with E-state index in [0.29, 0.717) is 6.04 Å². The predicted molar refractivity (Wildman–Crippen MR) is 76.3 cm³/mol. The molecular weight excluding hydrogens is 244 g/mol. The molecule has 0 spiro atoms. The van der Waals surface area contributed by atoms with Crippen LogP contribution in [-0.4, -0.2) is 35.6 Å². The van der Waals surface area contributed by atoms with Crippen molar-refractivity contribution in [1.29, 1.82) is 0 Å². The van der Waals surface area contributed by atoms with Crippen LogP contribution < -0.4 is 10.2 Å². The number of hydrogen-bond acceptors (Lipinski definition) is 5. The fourth-order valence-electron chi connectivity index (χ4n) is 2.69. The average molecular weight is 262 g/mol. The molecule has 1 aliphatic rings. The Hall–Kier alpha value is -1.20. The monoisotopic (exact) mass is 262 g/mol. The molecule has 1 unspecified atom stereocenters. The lowest BCUT2D eigenvalue weighted by molar-refractivity contribution is 0.434. The molecule has 4 nitrogen and oxygen atoms in total. The van der Waals surface area contributed by atoms with Crippen LogP contribution in [0.1, 0.15) is 19.8 Å². The second-order valence-corrected chi connectivity index (χ2v) is 5.52. The van der Waals surface area contributed by atoms with E-state index >= 15 is 0 Å². The molecule has 5 heteroatoms. The molecule has 0 amide bonds. The van der Waals surface area contributed by atoms with Gasteiger partial charge in [-0.05, 0) is 37.8 Å². The van der Waals surface area contributed by atoms with Crippen LogP contribution in [0.4, 0.5) is 5.82 Å². The summed E-state index contributed by atoms with van der Waals surface area (Å²) in [7, 11) is 0. The molecule has 0 aromatic carbocycles. The molecule has 0 radical (unpaired) electrons. The van der Waals surface area contributed by atoms with E-state index in [1.54, 1.807) is 17.7 Å². The maximum atomic E-state index is 4.52. The van der Waals surface area contributed by atoms with Crippen molar-refractivity contribution >= 4 is 27.4 Å². The molecule has 0 aliphatic carbocycles. The second kappa shape index (κ2) is 5.20. The summed E-state index contributed by atoms with van der Waals surface area (Å²) in [5.41, 5.74) is 0. The van der Waals surface area contributed by atoms with Crippen LogP contribution in [0.25, 0.3) is 10.2 Å². The van der Waals surface area contributed by atoms with Gasteiger partial charge >= 0.3 is 0 Å². The Kier molecular flexibility index (Phi) is 3.43. The van der Waals surface area contributed by atoms with Gasteiger partial charge in [0, 0.05) is 19.1 Å². The van der Waals surface area contributed by atoms with Crippen molar-refractivity contribution < 1.29 is 0 Å². The first-order chi connectivity index (χ1) is 8.90. The van der Waals surface area contributed by atoms with Gasteiger partial charge in [0.15, 0.2) is 0 Å². The molecule has 18 heavy (non-hydrogen) atoms. The molecule has 3 rings (SSSR count). The van der Waals surface area contributed by atoms with Gasteiger partial charge in [0.25, 0.3) is 0 Å². The first-order valence-corrected chi connectivity index (χ1v) is 7.43. The van der Waals surface area contributed by atoms with Crippen molar-refractivity contribution in [3.8, 4) is 0 Å². The van der Waals surface area contributed by atoms with E-state index in [1.807, 2.05) is 0 Å². The zero-order chi connectivity index (χ0) is 12.4. The summed E-state index contributed by atoms with van der Waals surface area (Å²) < 4.78 is 0. The lowest BCUT2D eigenvalue weighted by Gasteiger charge is -2.35. The number of anilines is 1. The molecule has 96 valence electrons. The standard InChI is InChI=1S/C13H18N4S/c1-2-17(10-4-3-6-14-8-10)12-11-5-7-18-13(11)16-9-15-12/h5,7,9-10,14H,2-4,6,8H2,1H3. The van der Waals surface area contributed by atoms with Crippen molar-refractivity contribution in [3.05, 3.63) is 17.8 Å². The third kappa shape index (κ3) is 2.08. The molecule has 2 aromatic heterocycles. The minimum absolute atomic E-state index is 0.557. The molecule has 2 aromatic rings. The zero-order valence-corrected chi connectivity index (χ0v) is 11.4. The van der Waals surface area contributed by atoms with Crippen LogP contribution in [0.15, 0.2) is 17.8 Å². The van der Waals surface area contributed by atoms with Gasteiger partial charge in [-0.15, -0.1) is 11.3 Å². The van der Waals surface area contributed by atoms with Crippen LogP contribution >= 0.6 is 11.3 Å². The van der Waals surface area contributed by atoms with E-state index in [0.717, 1.165) is 30.3 Å². The maximum absolute atomic E-state index is 4.52. The minimum atomic E-state index is 0.557. The Bertz CT molecular complexity index is 518. The highest BCUT2D eigenvalue weighted by molar-refractivity contribution is 7.16. The van der Waals surface area contributed by atoms with E-state index in [1.165, 1.54) is 18.2 Å². The van der Waals surface area contributed by atoms with Crippen molar-refractivity contribution in [2.45, 2.75) is 25.8 Å². The summed E-state index contributed by atoms with van der Waals surface area (Å²) >= 11 is 1.68. The number of piperidine rings is 1. The number of thiophene rings is 1. The normalized spacial score (nSPS) is 20.2. The molecule has 1 saturated heterocycles. The molecule has 0 bridgehead atoms. The molecule has 1 atom stereocenters. The van der Waals surface area contributed by atoms with Gasteiger partial charge in [0.2, 0.25) is 0 Å². The predicted octanol–water partition coefficient (Wildman–Crippen LogP) is 2.27. The summed E-state index contributed by atoms with van der Waals surface area (Å²) in [4.78, 5) is 12.4. The van der Waals surface area contributed by atoms with Crippen LogP contribution in [0.2, 0.25) is 0 Å². The van der Waals surface area contributed by atoms with Crippen LogP contribution in [0.5, 0.6) is 0 Å². The fraction of sp³-hybridized carbons (Fsp3) is 0.538. The van der Waals surface area contributed by atoms with E-state index in [9.17, 15) is 0 Å². The number of likely N-dealkylation sites (N-methyl/N-ethyl adjacent to an activating group) is 1. The zero-order valence-electron chi connectivity index (χ0n) is 10.6. The first kappa shape index (κ1) is 11.9. The highest BCUT2D eigenvalue weighted by Crippen LogP contribution is 2.28. The number of nitrogens with one attached hydrogen (secondary N) is 1. The van der Waals surface area contributed by atoms with E-state index in [-0.39, 0.29) is 0 Å². The van der Waals surface area contributed by atoms with Crippen LogP contribution in [0, 0.1) is 0 Å². The molecule has 0 saturated carbocycles. The number of aromatic nitrogens is 2. The smallest absolute Gasteiger partial charge is 0.141 e. The summed E-state index contributed by atoms with van der Waals surface area (Å²) in [5.74, 6) is 1.09. The molecular formula is C13H18N4S. The van der Waals surface area contributed by atoms with Crippen molar-refractivity contribution in [2.24, 2.45) is 0 Å². The third-order valence-electron chi connectivity index (χ3n) is 3.57. The number of fused-ring (bicyclic) bond motifs is 1. The van der Waals surface area contributed by atoms with Gasteiger partial charge in [0.1, 0.15) is 17.0 Å². The molecule has 1 aliphatic heterocycles.